The molecule has 0 unspecified atom stereocenters. The van der Waals surface area contributed by atoms with Gasteiger partial charge in [0.15, 0.2) is 0 Å². The fourth-order valence-electron chi connectivity index (χ4n) is 8.02. The molecule has 0 saturated heterocycles. The van der Waals surface area contributed by atoms with Gasteiger partial charge >= 0.3 is 0 Å². The first-order valence-corrected chi connectivity index (χ1v) is 12.8. The SMILES string of the molecule is CC(C)[C@H](C)CC[C@@H](C)[C@@H]1CC[C@@H]2C3=CC=C4C[C@H](O)CC[C@]4(C)[C@H]3CC[C@@]21C. The molecule has 0 bridgehead atoms. The van der Waals surface area contributed by atoms with Crippen LogP contribution >= 0.6 is 0 Å². The van der Waals surface area contributed by atoms with Crippen LogP contribution in [0.15, 0.2) is 23.3 Å². The molecule has 1 nitrogen and oxygen atoms in total. The van der Waals surface area contributed by atoms with E-state index in [2.05, 4.69) is 53.7 Å². The van der Waals surface area contributed by atoms with Gasteiger partial charge in [-0.25, -0.2) is 0 Å². The van der Waals surface area contributed by atoms with Crippen molar-refractivity contribution in [2.75, 3.05) is 0 Å². The summed E-state index contributed by atoms with van der Waals surface area (Å²) in [5.74, 6) is 4.97. The quantitative estimate of drug-likeness (QED) is 0.506. The van der Waals surface area contributed by atoms with Crippen molar-refractivity contribution >= 4 is 0 Å². The van der Waals surface area contributed by atoms with E-state index in [1.165, 1.54) is 44.9 Å². The highest BCUT2D eigenvalue weighted by molar-refractivity contribution is 5.38. The zero-order chi connectivity index (χ0) is 21.0. The number of hydrogen-bond acceptors (Lipinski definition) is 1. The second-order valence-electron chi connectivity index (χ2n) is 12.3. The van der Waals surface area contributed by atoms with Gasteiger partial charge in [-0.05, 0) is 91.3 Å². The van der Waals surface area contributed by atoms with E-state index in [-0.39, 0.29) is 6.10 Å². The van der Waals surface area contributed by atoms with Crippen LogP contribution in [0.1, 0.15) is 99.3 Å². The molecule has 4 rings (SSSR count). The molecular formula is C28H46O. The van der Waals surface area contributed by atoms with Gasteiger partial charge in [-0.1, -0.05) is 77.7 Å². The summed E-state index contributed by atoms with van der Waals surface area (Å²) in [6.45, 7) is 14.9. The van der Waals surface area contributed by atoms with Gasteiger partial charge in [-0.3, -0.25) is 0 Å². The zero-order valence-corrected chi connectivity index (χ0v) is 20.0. The smallest absolute Gasteiger partial charge is 0.0578 e. The van der Waals surface area contributed by atoms with E-state index in [0.717, 1.165) is 48.3 Å². The van der Waals surface area contributed by atoms with Gasteiger partial charge < -0.3 is 5.11 Å². The van der Waals surface area contributed by atoms with Gasteiger partial charge in [-0.15, -0.1) is 0 Å². The monoisotopic (exact) mass is 398 g/mol. The first-order valence-electron chi connectivity index (χ1n) is 12.8. The fraction of sp³-hybridized carbons (Fsp3) is 0.857. The maximum Gasteiger partial charge on any atom is 0.0578 e. The highest BCUT2D eigenvalue weighted by atomic mass is 16.3. The van der Waals surface area contributed by atoms with Gasteiger partial charge in [0.1, 0.15) is 0 Å². The summed E-state index contributed by atoms with van der Waals surface area (Å²) in [5, 5.41) is 10.2. The van der Waals surface area contributed by atoms with Crippen molar-refractivity contribution in [3.8, 4) is 0 Å². The van der Waals surface area contributed by atoms with Crippen LogP contribution < -0.4 is 0 Å². The molecule has 8 atom stereocenters. The average molecular weight is 399 g/mol. The standard InChI is InChI=1S/C28H46O/c1-18(2)19(3)7-8-20(4)24-11-12-25-23-10-9-21-17-22(29)13-15-27(21,5)26(23)14-16-28(24,25)6/h9-10,18-20,22,24-26,29H,7-8,11-17H2,1-6H3/t19-,20-,22-,24+,25-,26+,27+,28-/m1/s1. The van der Waals surface area contributed by atoms with Crippen LogP contribution in [0.3, 0.4) is 0 Å². The second-order valence-corrected chi connectivity index (χ2v) is 12.3. The molecule has 0 aliphatic heterocycles. The summed E-state index contributed by atoms with van der Waals surface area (Å²) >= 11 is 0. The molecule has 3 saturated carbocycles. The number of fused-ring (bicyclic) bond motifs is 5. The van der Waals surface area contributed by atoms with Crippen molar-refractivity contribution in [1.29, 1.82) is 0 Å². The molecule has 0 aromatic heterocycles. The highest BCUT2D eigenvalue weighted by Gasteiger charge is 2.56. The first-order chi connectivity index (χ1) is 13.7. The summed E-state index contributed by atoms with van der Waals surface area (Å²) in [5.41, 5.74) is 4.17. The third-order valence-electron chi connectivity index (χ3n) is 10.5. The number of hydrogen-bond donors (Lipinski definition) is 1. The third-order valence-corrected chi connectivity index (χ3v) is 10.5. The zero-order valence-electron chi connectivity index (χ0n) is 20.0. The van der Waals surface area contributed by atoms with Gasteiger partial charge in [0.05, 0.1) is 6.10 Å². The van der Waals surface area contributed by atoms with Crippen molar-refractivity contribution in [2.45, 2.75) is 105 Å². The van der Waals surface area contributed by atoms with Crippen LogP contribution in [0.4, 0.5) is 0 Å². The molecule has 3 fully saturated rings. The molecule has 4 aliphatic carbocycles. The molecule has 0 radical (unpaired) electrons. The van der Waals surface area contributed by atoms with Crippen molar-refractivity contribution < 1.29 is 5.11 Å². The largest absolute Gasteiger partial charge is 0.393 e. The summed E-state index contributed by atoms with van der Waals surface area (Å²) in [6, 6.07) is 0. The maximum atomic E-state index is 10.2. The lowest BCUT2D eigenvalue weighted by Crippen LogP contribution is -2.46. The fourth-order valence-corrected chi connectivity index (χ4v) is 8.02. The van der Waals surface area contributed by atoms with Crippen LogP contribution in [0.25, 0.3) is 0 Å². The Balaban J connectivity index is 1.52. The minimum absolute atomic E-state index is 0.108. The van der Waals surface area contributed by atoms with Crippen LogP contribution in [-0.2, 0) is 0 Å². The summed E-state index contributed by atoms with van der Waals surface area (Å²) in [6.07, 6.45) is 16.4. The van der Waals surface area contributed by atoms with Gasteiger partial charge in [0.25, 0.3) is 0 Å². The maximum absolute atomic E-state index is 10.2. The van der Waals surface area contributed by atoms with E-state index >= 15 is 0 Å². The molecule has 0 spiro atoms. The molecule has 1 N–H and O–H groups in total. The molecule has 0 amide bonds. The normalized spacial score (nSPS) is 43.7. The lowest BCUT2D eigenvalue weighted by Gasteiger charge is -2.55. The van der Waals surface area contributed by atoms with Crippen molar-refractivity contribution in [1.82, 2.24) is 0 Å². The minimum Gasteiger partial charge on any atom is -0.393 e. The predicted molar refractivity (Wildman–Crippen MR) is 124 cm³/mol. The Morgan fingerprint density at radius 3 is 2.41 bits per heavy atom. The van der Waals surface area contributed by atoms with Crippen LogP contribution in [-0.4, -0.2) is 11.2 Å². The summed E-state index contributed by atoms with van der Waals surface area (Å²) in [7, 11) is 0. The van der Waals surface area contributed by atoms with Gasteiger partial charge in [-0.2, -0.15) is 0 Å². The molecule has 0 aromatic rings. The van der Waals surface area contributed by atoms with E-state index in [1.54, 1.807) is 11.1 Å². The molecule has 1 heteroatoms. The van der Waals surface area contributed by atoms with Crippen LogP contribution in [0.2, 0.25) is 0 Å². The molecule has 0 aromatic carbocycles. The second kappa shape index (κ2) is 7.85. The Morgan fingerprint density at radius 2 is 1.69 bits per heavy atom. The van der Waals surface area contributed by atoms with Crippen molar-refractivity contribution in [2.24, 2.45) is 46.3 Å². The summed E-state index contributed by atoms with van der Waals surface area (Å²) < 4.78 is 0. The lowest BCUT2D eigenvalue weighted by molar-refractivity contribution is 0.0317. The first kappa shape index (κ1) is 21.7. The Bertz CT molecular complexity index is 672. The molecule has 164 valence electrons. The Kier molecular flexibility index (Phi) is 5.86. The van der Waals surface area contributed by atoms with Crippen molar-refractivity contribution in [3.05, 3.63) is 23.3 Å². The molecule has 0 heterocycles. The Hall–Kier alpha value is -0.560. The molecular weight excluding hydrogens is 352 g/mol. The van der Waals surface area contributed by atoms with E-state index in [0.29, 0.717) is 10.8 Å². The third kappa shape index (κ3) is 3.58. The number of aliphatic hydroxyl groups is 1. The van der Waals surface area contributed by atoms with E-state index in [4.69, 9.17) is 0 Å². The van der Waals surface area contributed by atoms with Gasteiger partial charge in [0, 0.05) is 0 Å². The molecule has 4 aliphatic rings. The Labute approximate surface area is 180 Å². The van der Waals surface area contributed by atoms with Crippen LogP contribution in [0.5, 0.6) is 0 Å². The van der Waals surface area contributed by atoms with Crippen molar-refractivity contribution in [3.63, 3.8) is 0 Å². The van der Waals surface area contributed by atoms with E-state index in [1.807, 2.05) is 0 Å². The number of rotatable bonds is 5. The van der Waals surface area contributed by atoms with E-state index < -0.39 is 0 Å². The van der Waals surface area contributed by atoms with Gasteiger partial charge in [0.2, 0.25) is 0 Å². The number of allylic oxidation sites excluding steroid dienone is 3. The predicted octanol–water partition coefficient (Wildman–Crippen LogP) is 7.55. The Morgan fingerprint density at radius 1 is 0.931 bits per heavy atom. The molecule has 29 heavy (non-hydrogen) atoms. The number of aliphatic hydroxyl groups excluding tert-OH is 1. The van der Waals surface area contributed by atoms with Crippen LogP contribution in [0, 0.1) is 46.3 Å². The highest BCUT2D eigenvalue weighted by Crippen LogP contribution is 2.66. The summed E-state index contributed by atoms with van der Waals surface area (Å²) in [4.78, 5) is 0. The topological polar surface area (TPSA) is 20.2 Å². The minimum atomic E-state index is -0.108. The average Bonchev–Trinajstić information content (AvgIpc) is 3.03. The van der Waals surface area contributed by atoms with E-state index in [9.17, 15) is 5.11 Å². The lowest BCUT2D eigenvalue weighted by atomic mass is 9.50.